The first-order chi connectivity index (χ1) is 14.3. The highest BCUT2D eigenvalue weighted by Gasteiger charge is 2.58. The smallest absolute Gasteiger partial charge is 0.0841 e. The minimum absolute atomic E-state index is 0.0569. The van der Waals surface area contributed by atoms with E-state index < -0.39 is 17.8 Å². The number of ether oxygens (including phenoxy) is 1. The molecule has 0 aromatic carbocycles. The molecule has 3 N–H and O–H groups in total. The summed E-state index contributed by atoms with van der Waals surface area (Å²) >= 11 is 0. The van der Waals surface area contributed by atoms with Crippen LogP contribution in [0.5, 0.6) is 0 Å². The Hall–Kier alpha value is -0.940. The minimum Gasteiger partial charge on any atom is -0.393 e. The van der Waals surface area contributed by atoms with Crippen LogP contribution in [-0.2, 0) is 4.74 Å². The molecule has 0 bridgehead atoms. The third-order valence-electron chi connectivity index (χ3n) is 9.06. The second-order valence-electron chi connectivity index (χ2n) is 12.1. The van der Waals surface area contributed by atoms with Gasteiger partial charge in [-0.2, -0.15) is 0 Å². The van der Waals surface area contributed by atoms with Crippen LogP contribution in [0.4, 0.5) is 0 Å². The first kappa shape index (κ1) is 23.2. The SMILES string of the molecule is CC(C)(O)CCOC(C)(C)C1=CC[C@H]2C3=CC=C4CC(O)CC(O)[C@]4(C)[C@H]3CC[C@]12C. The maximum Gasteiger partial charge on any atom is 0.0841 e. The van der Waals surface area contributed by atoms with Crippen molar-refractivity contribution in [2.24, 2.45) is 22.7 Å². The van der Waals surface area contributed by atoms with Crippen molar-refractivity contribution >= 4 is 0 Å². The number of hydrogen-bond acceptors (Lipinski definition) is 4. The van der Waals surface area contributed by atoms with Gasteiger partial charge in [-0.05, 0) is 82.6 Å². The summed E-state index contributed by atoms with van der Waals surface area (Å²) in [7, 11) is 0. The molecule has 0 spiro atoms. The second-order valence-corrected chi connectivity index (χ2v) is 12.1. The highest BCUT2D eigenvalue weighted by Crippen LogP contribution is 2.64. The summed E-state index contributed by atoms with van der Waals surface area (Å²) < 4.78 is 6.35. The van der Waals surface area contributed by atoms with Crippen molar-refractivity contribution in [3.8, 4) is 0 Å². The Labute approximate surface area is 188 Å². The Balaban J connectivity index is 1.58. The topological polar surface area (TPSA) is 69.9 Å². The van der Waals surface area contributed by atoms with Gasteiger partial charge in [0, 0.05) is 11.8 Å². The summed E-state index contributed by atoms with van der Waals surface area (Å²) in [6.07, 6.45) is 10.9. The van der Waals surface area contributed by atoms with Crippen LogP contribution in [0, 0.1) is 22.7 Å². The van der Waals surface area contributed by atoms with Gasteiger partial charge in [0.15, 0.2) is 0 Å². The number of rotatable bonds is 5. The lowest BCUT2D eigenvalue weighted by Crippen LogP contribution is -2.52. The molecule has 4 nitrogen and oxygen atoms in total. The molecule has 4 aliphatic carbocycles. The summed E-state index contributed by atoms with van der Waals surface area (Å²) in [6.45, 7) is 13.2. The van der Waals surface area contributed by atoms with Crippen molar-refractivity contribution < 1.29 is 20.1 Å². The Morgan fingerprint density at radius 1 is 1.10 bits per heavy atom. The highest BCUT2D eigenvalue weighted by atomic mass is 16.5. The van der Waals surface area contributed by atoms with Gasteiger partial charge in [0.05, 0.1) is 30.0 Å². The predicted molar refractivity (Wildman–Crippen MR) is 123 cm³/mol. The molecule has 4 rings (SSSR count). The molecule has 31 heavy (non-hydrogen) atoms. The summed E-state index contributed by atoms with van der Waals surface area (Å²) in [4.78, 5) is 0. The zero-order valence-electron chi connectivity index (χ0n) is 20.2. The molecule has 0 aromatic rings. The van der Waals surface area contributed by atoms with Crippen LogP contribution in [0.1, 0.15) is 80.1 Å². The van der Waals surface area contributed by atoms with E-state index >= 15 is 0 Å². The molecule has 0 radical (unpaired) electrons. The molecular weight excluding hydrogens is 388 g/mol. The van der Waals surface area contributed by atoms with E-state index in [1.807, 2.05) is 13.8 Å². The normalized spacial score (nSPS) is 40.4. The lowest BCUT2D eigenvalue weighted by molar-refractivity contribution is -0.0569. The van der Waals surface area contributed by atoms with Crippen molar-refractivity contribution in [1.82, 2.24) is 0 Å². The molecule has 0 aromatic heterocycles. The van der Waals surface area contributed by atoms with Gasteiger partial charge in [0.1, 0.15) is 0 Å². The van der Waals surface area contributed by atoms with E-state index in [0.717, 1.165) is 19.3 Å². The molecule has 2 fully saturated rings. The number of allylic oxidation sites excluding steroid dienone is 4. The lowest BCUT2D eigenvalue weighted by Gasteiger charge is -2.56. The number of aliphatic hydroxyl groups excluding tert-OH is 2. The zero-order chi connectivity index (χ0) is 22.8. The van der Waals surface area contributed by atoms with Gasteiger partial charge < -0.3 is 20.1 Å². The van der Waals surface area contributed by atoms with Crippen LogP contribution in [0.25, 0.3) is 0 Å². The van der Waals surface area contributed by atoms with Gasteiger partial charge in [-0.1, -0.05) is 43.2 Å². The van der Waals surface area contributed by atoms with Crippen LogP contribution in [0.15, 0.2) is 34.9 Å². The van der Waals surface area contributed by atoms with E-state index in [0.29, 0.717) is 37.7 Å². The van der Waals surface area contributed by atoms with Crippen LogP contribution < -0.4 is 0 Å². The zero-order valence-corrected chi connectivity index (χ0v) is 20.2. The standard InChI is InChI=1S/C27H42O4/c1-24(2,30)13-14-31-25(3,4)22-10-9-20-19-8-7-17-15-18(28)16-23(29)27(17,6)21(19)11-12-26(20,22)5/h7-8,10,18,20-21,23,28-30H,9,11-16H2,1-6H3/t18?,20-,21-,23?,26-,27-/m0/s1. The van der Waals surface area contributed by atoms with Gasteiger partial charge >= 0.3 is 0 Å². The summed E-state index contributed by atoms with van der Waals surface area (Å²) in [5, 5.41) is 31.3. The van der Waals surface area contributed by atoms with E-state index in [2.05, 4.69) is 45.9 Å². The third-order valence-corrected chi connectivity index (χ3v) is 9.06. The third kappa shape index (κ3) is 3.78. The van der Waals surface area contributed by atoms with E-state index in [-0.39, 0.29) is 16.4 Å². The fourth-order valence-corrected chi connectivity index (χ4v) is 7.20. The van der Waals surface area contributed by atoms with E-state index in [4.69, 9.17) is 4.74 Å². The fraction of sp³-hybridized carbons (Fsp3) is 0.778. The Morgan fingerprint density at radius 2 is 1.81 bits per heavy atom. The monoisotopic (exact) mass is 430 g/mol. The minimum atomic E-state index is -0.717. The average molecular weight is 431 g/mol. The van der Waals surface area contributed by atoms with Crippen LogP contribution >= 0.6 is 0 Å². The molecule has 2 saturated carbocycles. The Morgan fingerprint density at radius 3 is 2.48 bits per heavy atom. The second kappa shape index (κ2) is 7.55. The quantitative estimate of drug-likeness (QED) is 0.553. The Bertz CT molecular complexity index is 814. The molecule has 0 amide bonds. The van der Waals surface area contributed by atoms with Crippen LogP contribution in [0.2, 0.25) is 0 Å². The maximum absolute atomic E-state index is 11.0. The highest BCUT2D eigenvalue weighted by molar-refractivity contribution is 5.44. The van der Waals surface area contributed by atoms with Crippen molar-refractivity contribution in [2.75, 3.05) is 6.61 Å². The fourth-order valence-electron chi connectivity index (χ4n) is 7.20. The average Bonchev–Trinajstić information content (AvgIpc) is 3.00. The van der Waals surface area contributed by atoms with Gasteiger partial charge in [0.25, 0.3) is 0 Å². The summed E-state index contributed by atoms with van der Waals surface area (Å²) in [5.41, 5.74) is 2.81. The van der Waals surface area contributed by atoms with Gasteiger partial charge in [0.2, 0.25) is 0 Å². The predicted octanol–water partition coefficient (Wildman–Crippen LogP) is 4.69. The summed E-state index contributed by atoms with van der Waals surface area (Å²) in [5.74, 6) is 0.784. The molecule has 0 heterocycles. The Kier molecular flexibility index (Phi) is 5.65. The van der Waals surface area contributed by atoms with Crippen molar-refractivity contribution in [2.45, 2.75) is 103 Å². The number of fused-ring (bicyclic) bond motifs is 5. The largest absolute Gasteiger partial charge is 0.393 e. The van der Waals surface area contributed by atoms with E-state index in [1.165, 1.54) is 16.7 Å². The van der Waals surface area contributed by atoms with Crippen LogP contribution in [-0.4, -0.2) is 45.3 Å². The molecule has 4 aliphatic rings. The molecule has 4 heteroatoms. The molecule has 174 valence electrons. The van der Waals surface area contributed by atoms with Crippen molar-refractivity contribution in [1.29, 1.82) is 0 Å². The van der Waals surface area contributed by atoms with E-state index in [1.54, 1.807) is 0 Å². The number of hydrogen-bond donors (Lipinski definition) is 3. The maximum atomic E-state index is 11.0. The molecule has 0 aliphatic heterocycles. The van der Waals surface area contributed by atoms with Crippen LogP contribution in [0.3, 0.4) is 0 Å². The molecule has 0 saturated heterocycles. The molecule has 2 unspecified atom stereocenters. The van der Waals surface area contributed by atoms with Gasteiger partial charge in [-0.25, -0.2) is 0 Å². The molecule has 6 atom stereocenters. The molecular formula is C27H42O4. The van der Waals surface area contributed by atoms with E-state index in [9.17, 15) is 15.3 Å². The van der Waals surface area contributed by atoms with Gasteiger partial charge in [-0.15, -0.1) is 0 Å². The number of aliphatic hydroxyl groups is 3. The van der Waals surface area contributed by atoms with Crippen molar-refractivity contribution in [3.05, 3.63) is 34.9 Å². The lowest BCUT2D eigenvalue weighted by atomic mass is 9.49. The van der Waals surface area contributed by atoms with Crippen molar-refractivity contribution in [3.63, 3.8) is 0 Å². The van der Waals surface area contributed by atoms with Gasteiger partial charge in [-0.3, -0.25) is 0 Å². The summed E-state index contributed by atoms with van der Waals surface area (Å²) in [6, 6.07) is 0. The first-order valence-electron chi connectivity index (χ1n) is 12.1. The first-order valence-corrected chi connectivity index (χ1v) is 12.1.